The Morgan fingerprint density at radius 2 is 0.389 bits per heavy atom. The first-order chi connectivity index (χ1) is 16.8. The molecule has 0 saturated carbocycles. The fraction of sp³-hybridized carbons (Fsp3) is 1.00. The van der Waals surface area contributed by atoms with E-state index in [1.165, 1.54) is 141 Å². The molecular weight excluding hydrogens is 534 g/mol. The summed E-state index contributed by atoms with van der Waals surface area (Å²) in [6.45, 7) is 1.52. The van der Waals surface area contributed by atoms with Crippen molar-refractivity contribution in [2.75, 3.05) is 0 Å². The van der Waals surface area contributed by atoms with Gasteiger partial charge >= 0.3 is 13.4 Å². The zero-order chi connectivity index (χ0) is 28.6. The highest BCUT2D eigenvalue weighted by Crippen LogP contribution is 2.27. The zero-order valence-electron chi connectivity index (χ0n) is 24.0. The summed E-state index contributed by atoms with van der Waals surface area (Å²) >= 11 is 7.21. The number of unbranched alkanes of at least 4 members (excludes halogenated alkanes) is 20. The summed E-state index contributed by atoms with van der Waals surface area (Å²) < 4.78 is 0. The maximum absolute atomic E-state index is 7.56. The molecule has 0 aromatic heterocycles. The van der Waals surface area contributed by atoms with Crippen LogP contribution < -0.4 is 0 Å². The van der Waals surface area contributed by atoms with E-state index in [0.29, 0.717) is 0 Å². The fourth-order valence-corrected chi connectivity index (χ4v) is 3.47. The molecule has 0 fully saturated rings. The predicted molar refractivity (Wildman–Crippen MR) is 166 cm³/mol. The molecule has 224 valence electrons. The maximum atomic E-state index is 7.56. The summed E-state index contributed by atoms with van der Waals surface area (Å²) in [4.78, 5) is 45.3. The van der Waals surface area contributed by atoms with Crippen LogP contribution in [0.2, 0.25) is 0 Å². The first-order valence-electron chi connectivity index (χ1n) is 14.4. The van der Waals surface area contributed by atoms with E-state index in [0.717, 1.165) is 0 Å². The average Bonchev–Trinajstić information content (AvgIpc) is 2.75. The molecule has 0 aliphatic carbocycles. The highest BCUT2D eigenvalue weighted by Gasteiger charge is 1.93. The Morgan fingerprint density at radius 1 is 0.306 bits per heavy atom. The lowest BCUT2D eigenvalue weighted by Gasteiger charge is -2.00. The smallest absolute Gasteiger partial charge is 0.319 e. The lowest BCUT2D eigenvalue weighted by atomic mass is 10.1. The van der Waals surface area contributed by atoms with Crippen LogP contribution in [-0.2, 0) is 23.6 Å². The molecule has 10 heteroatoms. The third-order valence-corrected chi connectivity index (χ3v) is 5.41. The van der Waals surface area contributed by atoms with Gasteiger partial charge < -0.3 is 29.4 Å². The molecule has 0 aromatic rings. The van der Waals surface area contributed by atoms with Crippen LogP contribution in [0.15, 0.2) is 0 Å². The summed E-state index contributed by atoms with van der Waals surface area (Å²) in [6, 6.07) is 0. The van der Waals surface area contributed by atoms with Gasteiger partial charge in [-0.15, -0.1) is 0 Å². The van der Waals surface area contributed by atoms with E-state index in [2.05, 4.69) is 51.3 Å². The first-order valence-corrected chi connectivity index (χ1v) is 19.7. The van der Waals surface area contributed by atoms with Crippen molar-refractivity contribution in [2.45, 2.75) is 169 Å². The van der Waals surface area contributed by atoms with Crippen molar-refractivity contribution in [3.63, 3.8) is 0 Å². The molecule has 36 heavy (non-hydrogen) atoms. The molecule has 0 unspecified atom stereocenters. The highest BCUT2D eigenvalue weighted by atomic mass is 32.5. The third kappa shape index (κ3) is 91.7. The molecule has 0 aliphatic heterocycles. The number of hydrogen-bond donors (Lipinski definition) is 6. The Kier molecular flexibility index (Phi) is 44.2. The number of hydrogen-bond acceptors (Lipinski definition) is 2. The molecule has 6 N–H and O–H groups in total. The quantitative estimate of drug-likeness (QED) is 0.0608. The Morgan fingerprint density at radius 3 is 0.472 bits per heavy atom. The molecule has 0 saturated heterocycles. The minimum Gasteiger partial charge on any atom is -0.325 e. The molecule has 6 nitrogen and oxygen atoms in total. The topological polar surface area (TPSA) is 121 Å². The molecule has 0 heterocycles. The lowest BCUT2D eigenvalue weighted by molar-refractivity contribution is 0.361. The standard InChI is InChI=1S/2C13H28.2H3O3PS/c2*1-3-5-7-9-11-13-12-10-8-6-4-2;2*1-4(2,3)5/h2*3-13H2,1-2H3;2*(H3,1,2,3,5). The molecule has 0 spiro atoms. The van der Waals surface area contributed by atoms with Crippen molar-refractivity contribution in [3.8, 4) is 0 Å². The van der Waals surface area contributed by atoms with Gasteiger partial charge in [0, 0.05) is 0 Å². The van der Waals surface area contributed by atoms with Gasteiger partial charge in [0.15, 0.2) is 0 Å². The molecule has 0 aliphatic rings. The van der Waals surface area contributed by atoms with Crippen LogP contribution in [0.4, 0.5) is 0 Å². The van der Waals surface area contributed by atoms with Crippen molar-refractivity contribution in [1.82, 2.24) is 0 Å². The Bertz CT molecular complexity index is 395. The van der Waals surface area contributed by atoms with E-state index in [1.807, 2.05) is 0 Å². The molecular formula is C26H62O6P2S2. The SMILES string of the molecule is CCCCCCCCCCCCC.CCCCCCCCCCCCC.OP(O)(O)=S.OP(O)(O)=S. The minimum absolute atomic E-state index is 1.37. The maximum Gasteiger partial charge on any atom is 0.319 e. The van der Waals surface area contributed by atoms with Gasteiger partial charge in [0.2, 0.25) is 0 Å². The second-order valence-corrected chi connectivity index (χ2v) is 14.4. The third-order valence-electron chi connectivity index (χ3n) is 5.41. The summed E-state index contributed by atoms with van der Waals surface area (Å²) in [7, 11) is 0. The largest absolute Gasteiger partial charge is 0.325 e. The van der Waals surface area contributed by atoms with Gasteiger partial charge in [-0.05, 0) is 23.6 Å². The molecule has 0 rings (SSSR count). The van der Waals surface area contributed by atoms with Crippen LogP contribution in [0.5, 0.6) is 0 Å². The second kappa shape index (κ2) is 36.1. The monoisotopic (exact) mass is 596 g/mol. The predicted octanol–water partition coefficient (Wildman–Crippen LogP) is 9.01. The Labute approximate surface area is 234 Å². The highest BCUT2D eigenvalue weighted by molar-refractivity contribution is 8.06. The van der Waals surface area contributed by atoms with E-state index >= 15 is 0 Å². The van der Waals surface area contributed by atoms with Crippen LogP contribution in [0.1, 0.15) is 169 Å². The fourth-order valence-electron chi connectivity index (χ4n) is 3.47. The van der Waals surface area contributed by atoms with Crippen molar-refractivity contribution in [1.29, 1.82) is 0 Å². The Hall–Kier alpha value is 1.06. The van der Waals surface area contributed by atoms with E-state index in [4.69, 9.17) is 29.4 Å². The van der Waals surface area contributed by atoms with Gasteiger partial charge in [-0.2, -0.15) is 0 Å². The zero-order valence-corrected chi connectivity index (χ0v) is 27.4. The first kappa shape index (κ1) is 44.1. The normalized spacial score (nSPS) is 10.9. The lowest BCUT2D eigenvalue weighted by Crippen LogP contribution is -1.80. The molecule has 0 aromatic carbocycles. The van der Waals surface area contributed by atoms with E-state index in [-0.39, 0.29) is 0 Å². The summed E-state index contributed by atoms with van der Waals surface area (Å²) in [5.41, 5.74) is 0. The van der Waals surface area contributed by atoms with Gasteiger partial charge in [-0.25, -0.2) is 0 Å². The van der Waals surface area contributed by atoms with Crippen LogP contribution in [-0.4, -0.2) is 29.4 Å². The van der Waals surface area contributed by atoms with Gasteiger partial charge in [0.05, 0.1) is 0 Å². The van der Waals surface area contributed by atoms with Crippen molar-refractivity contribution < 1.29 is 29.4 Å². The van der Waals surface area contributed by atoms with Crippen molar-refractivity contribution in [2.24, 2.45) is 0 Å². The second-order valence-electron chi connectivity index (χ2n) is 9.39. The van der Waals surface area contributed by atoms with Crippen molar-refractivity contribution >= 4 is 37.1 Å². The molecule has 0 atom stereocenters. The summed E-state index contributed by atoms with van der Waals surface area (Å²) in [5, 5.41) is 0. The van der Waals surface area contributed by atoms with Gasteiger partial charge in [0.25, 0.3) is 0 Å². The molecule has 0 amide bonds. The summed E-state index contributed by atoms with van der Waals surface area (Å²) in [6.07, 6.45) is 31.9. The van der Waals surface area contributed by atoms with E-state index in [1.54, 1.807) is 0 Å². The summed E-state index contributed by atoms with van der Waals surface area (Å²) in [5.74, 6) is 0. The van der Waals surface area contributed by atoms with Crippen LogP contribution in [0.25, 0.3) is 0 Å². The molecule has 0 radical (unpaired) electrons. The van der Waals surface area contributed by atoms with Crippen molar-refractivity contribution in [3.05, 3.63) is 0 Å². The van der Waals surface area contributed by atoms with Crippen LogP contribution in [0.3, 0.4) is 0 Å². The van der Waals surface area contributed by atoms with Gasteiger partial charge in [0.1, 0.15) is 0 Å². The average molecular weight is 597 g/mol. The van der Waals surface area contributed by atoms with E-state index < -0.39 is 13.4 Å². The van der Waals surface area contributed by atoms with Crippen LogP contribution >= 0.6 is 13.4 Å². The van der Waals surface area contributed by atoms with E-state index in [9.17, 15) is 0 Å². The van der Waals surface area contributed by atoms with Gasteiger partial charge in [-0.3, -0.25) is 0 Å². The molecule has 0 bridgehead atoms. The Balaban J connectivity index is -0.000000208. The van der Waals surface area contributed by atoms with Crippen LogP contribution in [0, 0.1) is 0 Å². The van der Waals surface area contributed by atoms with Gasteiger partial charge in [-0.1, -0.05) is 169 Å². The minimum atomic E-state index is -3.81. The number of rotatable bonds is 20.